The second-order valence-corrected chi connectivity index (χ2v) is 11.1. The molecule has 0 spiro atoms. The monoisotopic (exact) mass is 605 g/mol. The highest BCUT2D eigenvalue weighted by molar-refractivity contribution is 7.07. The van der Waals surface area contributed by atoms with Gasteiger partial charge in [0.15, 0.2) is 22.9 Å². The number of carbonyl (C=O) groups excluding carboxylic acids is 2. The number of benzene rings is 2. The first kappa shape index (κ1) is 30.1. The highest BCUT2D eigenvalue weighted by Crippen LogP contribution is 2.32. The predicted octanol–water partition coefficient (Wildman–Crippen LogP) is 3.21. The number of hydrogen-bond acceptors (Lipinski definition) is 9. The molecule has 1 atom stereocenters. The Hall–Kier alpha value is -4.38. The lowest BCUT2D eigenvalue weighted by Gasteiger charge is -2.24. The zero-order valence-electron chi connectivity index (χ0n) is 24.8. The predicted molar refractivity (Wildman–Crippen MR) is 162 cm³/mol. The third-order valence-electron chi connectivity index (χ3n) is 7.32. The van der Waals surface area contributed by atoms with Crippen molar-refractivity contribution in [3.63, 3.8) is 0 Å². The SMILES string of the molecule is CCOC(=O)C1=C(C)N=c2s/c(=C/c3ccc(OCC(=O)N4CCCC4)c(OCC)c3)c(=O)n2[C@H]1c1ccc(OC)cc1. The molecule has 43 heavy (non-hydrogen) atoms. The van der Waals surface area contributed by atoms with E-state index >= 15 is 0 Å². The summed E-state index contributed by atoms with van der Waals surface area (Å²) in [4.78, 5) is 46.4. The van der Waals surface area contributed by atoms with E-state index in [9.17, 15) is 14.4 Å². The van der Waals surface area contributed by atoms with E-state index in [-0.39, 0.29) is 24.7 Å². The van der Waals surface area contributed by atoms with E-state index in [1.54, 1.807) is 55.9 Å². The Bertz CT molecular complexity index is 1720. The van der Waals surface area contributed by atoms with Gasteiger partial charge in [0.05, 0.1) is 42.2 Å². The number of fused-ring (bicyclic) bond motifs is 1. The summed E-state index contributed by atoms with van der Waals surface area (Å²) in [5, 5.41) is 0. The largest absolute Gasteiger partial charge is 0.497 e. The van der Waals surface area contributed by atoms with Crippen LogP contribution in [0.4, 0.5) is 0 Å². The van der Waals surface area contributed by atoms with Crippen LogP contribution in [0.1, 0.15) is 50.8 Å². The Labute approximate surface area is 253 Å². The van der Waals surface area contributed by atoms with Crippen LogP contribution in [0.25, 0.3) is 6.08 Å². The molecule has 1 fully saturated rings. The normalized spacial score (nSPS) is 16.5. The number of allylic oxidation sites excluding steroid dienone is 1. The van der Waals surface area contributed by atoms with Crippen molar-refractivity contribution in [3.05, 3.63) is 84.5 Å². The molecule has 0 aliphatic carbocycles. The Balaban J connectivity index is 1.52. The molecule has 1 saturated heterocycles. The summed E-state index contributed by atoms with van der Waals surface area (Å²) in [7, 11) is 1.58. The van der Waals surface area contributed by atoms with Crippen molar-refractivity contribution in [1.82, 2.24) is 9.47 Å². The fourth-order valence-electron chi connectivity index (χ4n) is 5.24. The summed E-state index contributed by atoms with van der Waals surface area (Å²) in [5.74, 6) is 1.04. The summed E-state index contributed by atoms with van der Waals surface area (Å²) < 4.78 is 24.3. The van der Waals surface area contributed by atoms with E-state index in [4.69, 9.17) is 18.9 Å². The fourth-order valence-corrected chi connectivity index (χ4v) is 6.29. The minimum Gasteiger partial charge on any atom is -0.497 e. The molecule has 11 heteroatoms. The van der Waals surface area contributed by atoms with Crippen LogP contribution in [-0.4, -0.2) is 61.4 Å². The van der Waals surface area contributed by atoms with E-state index in [0.717, 1.165) is 31.5 Å². The molecule has 0 radical (unpaired) electrons. The minimum absolute atomic E-state index is 0.0472. The van der Waals surface area contributed by atoms with Crippen LogP contribution >= 0.6 is 11.3 Å². The first-order valence-corrected chi connectivity index (χ1v) is 15.2. The van der Waals surface area contributed by atoms with Gasteiger partial charge in [-0.25, -0.2) is 9.79 Å². The first-order chi connectivity index (χ1) is 20.8. The highest BCUT2D eigenvalue weighted by atomic mass is 32.1. The summed E-state index contributed by atoms with van der Waals surface area (Å²) in [6.45, 7) is 7.42. The zero-order valence-corrected chi connectivity index (χ0v) is 25.6. The van der Waals surface area contributed by atoms with Gasteiger partial charge < -0.3 is 23.8 Å². The second kappa shape index (κ2) is 13.3. The quantitative estimate of drug-likeness (QED) is 0.327. The third-order valence-corrected chi connectivity index (χ3v) is 8.31. The average molecular weight is 606 g/mol. The van der Waals surface area contributed by atoms with Crippen LogP contribution in [0.5, 0.6) is 17.2 Å². The van der Waals surface area contributed by atoms with Gasteiger partial charge in [-0.1, -0.05) is 29.5 Å². The Morgan fingerprint density at radius 2 is 1.77 bits per heavy atom. The van der Waals surface area contributed by atoms with Gasteiger partial charge in [0.25, 0.3) is 11.5 Å². The van der Waals surface area contributed by atoms with Crippen LogP contribution < -0.4 is 29.1 Å². The van der Waals surface area contributed by atoms with E-state index in [0.29, 0.717) is 50.0 Å². The van der Waals surface area contributed by atoms with E-state index in [2.05, 4.69) is 4.99 Å². The zero-order chi connectivity index (χ0) is 30.5. The number of methoxy groups -OCH3 is 1. The van der Waals surface area contributed by atoms with Crippen LogP contribution in [0, 0.1) is 0 Å². The van der Waals surface area contributed by atoms with Crippen molar-refractivity contribution in [3.8, 4) is 17.2 Å². The molecular weight excluding hydrogens is 570 g/mol. The Morgan fingerprint density at radius 3 is 2.44 bits per heavy atom. The minimum atomic E-state index is -0.716. The van der Waals surface area contributed by atoms with Gasteiger partial charge in [-0.15, -0.1) is 0 Å². The topological polar surface area (TPSA) is 109 Å². The van der Waals surface area contributed by atoms with Gasteiger partial charge in [0.1, 0.15) is 5.75 Å². The van der Waals surface area contributed by atoms with E-state index in [1.807, 2.05) is 30.0 Å². The van der Waals surface area contributed by atoms with Crippen molar-refractivity contribution in [1.29, 1.82) is 0 Å². The molecule has 5 rings (SSSR count). The number of thiazole rings is 1. The summed E-state index contributed by atoms with van der Waals surface area (Å²) in [6, 6.07) is 11.9. The summed E-state index contributed by atoms with van der Waals surface area (Å²) in [6.07, 6.45) is 3.79. The van der Waals surface area contributed by atoms with Crippen molar-refractivity contribution >= 4 is 29.3 Å². The Kier molecular flexibility index (Phi) is 9.30. The van der Waals surface area contributed by atoms with E-state index < -0.39 is 12.0 Å². The van der Waals surface area contributed by atoms with Gasteiger partial charge in [-0.2, -0.15) is 0 Å². The molecule has 1 aromatic heterocycles. The molecule has 226 valence electrons. The third kappa shape index (κ3) is 6.36. The second-order valence-electron chi connectivity index (χ2n) is 10.1. The molecule has 2 aromatic carbocycles. The van der Waals surface area contributed by atoms with Crippen LogP contribution in [0.2, 0.25) is 0 Å². The highest BCUT2D eigenvalue weighted by Gasteiger charge is 2.33. The standard InChI is InChI=1S/C32H35N3O7S/c1-5-40-25-17-21(9-14-24(25)42-19-27(36)34-15-7-8-16-34)18-26-30(37)35-29(22-10-12-23(39-4)13-11-22)28(31(38)41-6-2)20(3)33-32(35)43-26/h9-14,17-18,29H,5-8,15-16,19H2,1-4H3/b26-18+/t29-/m0/s1. The number of likely N-dealkylation sites (tertiary alicyclic amines) is 1. The number of carbonyl (C=O) groups is 2. The Morgan fingerprint density at radius 1 is 1.02 bits per heavy atom. The van der Waals surface area contributed by atoms with Crippen LogP contribution in [0.3, 0.4) is 0 Å². The molecule has 1 amide bonds. The summed E-state index contributed by atoms with van der Waals surface area (Å²) in [5.41, 5.74) is 1.97. The lowest BCUT2D eigenvalue weighted by Crippen LogP contribution is -2.39. The molecule has 0 unspecified atom stereocenters. The first-order valence-electron chi connectivity index (χ1n) is 14.4. The van der Waals surface area contributed by atoms with Gasteiger partial charge in [-0.3, -0.25) is 14.2 Å². The number of rotatable bonds is 10. The van der Waals surface area contributed by atoms with Gasteiger partial charge in [0, 0.05) is 13.1 Å². The molecular formula is C32H35N3O7S. The number of amides is 1. The maximum Gasteiger partial charge on any atom is 0.338 e. The molecule has 2 aliphatic rings. The lowest BCUT2D eigenvalue weighted by atomic mass is 9.96. The smallest absolute Gasteiger partial charge is 0.338 e. The molecule has 3 heterocycles. The van der Waals surface area contributed by atoms with Crippen LogP contribution in [-0.2, 0) is 14.3 Å². The van der Waals surface area contributed by atoms with Crippen molar-refractivity contribution in [2.45, 2.75) is 39.7 Å². The summed E-state index contributed by atoms with van der Waals surface area (Å²) >= 11 is 1.24. The average Bonchev–Trinajstić information content (AvgIpc) is 3.65. The number of hydrogen-bond donors (Lipinski definition) is 0. The van der Waals surface area contributed by atoms with Crippen LogP contribution in [0.15, 0.2) is 63.5 Å². The van der Waals surface area contributed by atoms with Gasteiger partial charge in [0.2, 0.25) is 0 Å². The van der Waals surface area contributed by atoms with E-state index in [1.165, 1.54) is 11.3 Å². The maximum absolute atomic E-state index is 13.9. The maximum atomic E-state index is 13.9. The molecule has 2 aliphatic heterocycles. The molecule has 0 saturated carbocycles. The fraction of sp³-hybridized carbons (Fsp3) is 0.375. The molecule has 0 bridgehead atoms. The number of ether oxygens (including phenoxy) is 4. The number of esters is 1. The van der Waals surface area contributed by atoms with Gasteiger partial charge in [-0.05, 0) is 75.1 Å². The van der Waals surface area contributed by atoms with Crippen molar-refractivity contribution in [2.75, 3.05) is 40.0 Å². The van der Waals surface area contributed by atoms with Gasteiger partial charge >= 0.3 is 5.97 Å². The number of aromatic nitrogens is 1. The molecule has 10 nitrogen and oxygen atoms in total. The number of nitrogens with zero attached hydrogens (tertiary/aromatic N) is 3. The lowest BCUT2D eigenvalue weighted by molar-refractivity contribution is -0.139. The van der Waals surface area contributed by atoms with Crippen molar-refractivity contribution in [2.24, 2.45) is 4.99 Å². The molecule has 3 aromatic rings. The molecule has 0 N–H and O–H groups in total. The van der Waals surface area contributed by atoms with Crippen molar-refractivity contribution < 1.29 is 28.5 Å².